The predicted molar refractivity (Wildman–Crippen MR) is 174 cm³/mol. The van der Waals surface area contributed by atoms with E-state index in [0.29, 0.717) is 73.6 Å². The van der Waals surface area contributed by atoms with Crippen molar-refractivity contribution in [3.8, 4) is 16.9 Å². The minimum atomic E-state index is -1.17. The summed E-state index contributed by atoms with van der Waals surface area (Å²) >= 11 is 6.05. The average molecular weight is 652 g/mol. The number of nitrogens with zero attached hydrogens (tertiary/aromatic N) is 6. The van der Waals surface area contributed by atoms with Crippen LogP contribution in [0.5, 0.6) is 5.75 Å². The number of primary amides is 1. The topological polar surface area (TPSA) is 129 Å². The molecular formula is C35H31ClFN7O3. The van der Waals surface area contributed by atoms with Crippen molar-refractivity contribution in [1.29, 1.82) is 0 Å². The number of amides is 2. The molecule has 238 valence electrons. The number of ether oxygens (including phenoxy) is 1. The molecule has 0 atom stereocenters. The fourth-order valence-corrected chi connectivity index (χ4v) is 6.71. The van der Waals surface area contributed by atoms with Gasteiger partial charge in [0.2, 0.25) is 0 Å². The Bertz CT molecular complexity index is 2090. The molecule has 10 nitrogen and oxygen atoms in total. The SMILES string of the molecule is CC1(C)Oc2cc(-c3c(C(N)=O)c(CC4CC4)nc4c3cnn4C3(c4ccc(F)cn4)CC3)ccc2N(Cc2ccc(Cl)cn2)C1=O. The van der Waals surface area contributed by atoms with Crippen molar-refractivity contribution in [2.45, 2.75) is 63.6 Å². The molecule has 1 aromatic carbocycles. The third-order valence-corrected chi connectivity index (χ3v) is 9.55. The Morgan fingerprint density at radius 1 is 1.09 bits per heavy atom. The standard InChI is InChI=1S/C35H31ClFN7O3/c1-34(2)33(46)43(18-23-8-6-21(36)15-39-23)26-9-5-20(14-27(26)47-34)29-24-17-41-44(35(11-12-35)28-10-7-22(37)16-40-28)32(24)42-25(13-19-3-4-19)30(29)31(38)45/h5-10,14-17,19H,3-4,11-13,18H2,1-2H3,(H2,38,45). The van der Waals surface area contributed by atoms with Gasteiger partial charge in [0.15, 0.2) is 11.2 Å². The summed E-state index contributed by atoms with van der Waals surface area (Å²) in [6.07, 6.45) is 8.74. The summed E-state index contributed by atoms with van der Waals surface area (Å²) in [6, 6.07) is 12.1. The lowest BCUT2D eigenvalue weighted by molar-refractivity contribution is -0.132. The molecule has 1 aliphatic heterocycles. The van der Waals surface area contributed by atoms with Crippen LogP contribution in [-0.2, 0) is 23.3 Å². The predicted octanol–water partition coefficient (Wildman–Crippen LogP) is 5.97. The maximum absolute atomic E-state index is 13.8. The quantitative estimate of drug-likeness (QED) is 0.219. The second-order valence-corrected chi connectivity index (χ2v) is 13.6. The van der Waals surface area contributed by atoms with Crippen molar-refractivity contribution in [2.24, 2.45) is 11.7 Å². The first kappa shape index (κ1) is 29.5. The van der Waals surface area contributed by atoms with Crippen molar-refractivity contribution in [1.82, 2.24) is 24.7 Å². The lowest BCUT2D eigenvalue weighted by Crippen LogP contribution is -2.52. The number of hydrogen-bond acceptors (Lipinski definition) is 7. The van der Waals surface area contributed by atoms with E-state index in [0.717, 1.165) is 25.7 Å². The van der Waals surface area contributed by atoms with E-state index in [-0.39, 0.29) is 12.5 Å². The number of anilines is 1. The van der Waals surface area contributed by atoms with Gasteiger partial charge in [-0.3, -0.25) is 24.5 Å². The Kier molecular flexibility index (Phi) is 6.63. The van der Waals surface area contributed by atoms with Gasteiger partial charge in [-0.25, -0.2) is 14.1 Å². The van der Waals surface area contributed by atoms with E-state index in [1.165, 1.54) is 12.3 Å². The number of carbonyl (C=O) groups excluding carboxylic acids is 2. The van der Waals surface area contributed by atoms with E-state index < -0.39 is 22.9 Å². The van der Waals surface area contributed by atoms with Crippen LogP contribution >= 0.6 is 11.6 Å². The molecule has 5 aromatic rings. The van der Waals surface area contributed by atoms with Gasteiger partial charge >= 0.3 is 0 Å². The molecule has 2 saturated carbocycles. The lowest BCUT2D eigenvalue weighted by Gasteiger charge is -2.39. The first-order valence-corrected chi connectivity index (χ1v) is 16.0. The summed E-state index contributed by atoms with van der Waals surface area (Å²) in [5, 5.41) is 5.96. The molecule has 2 aliphatic carbocycles. The lowest BCUT2D eigenvalue weighted by atomic mass is 9.92. The fourth-order valence-electron chi connectivity index (χ4n) is 6.60. The summed E-state index contributed by atoms with van der Waals surface area (Å²) in [6.45, 7) is 3.67. The van der Waals surface area contributed by atoms with Gasteiger partial charge in [-0.15, -0.1) is 0 Å². The first-order valence-electron chi connectivity index (χ1n) is 15.6. The number of pyridine rings is 3. The number of rotatable bonds is 8. The maximum atomic E-state index is 13.8. The van der Waals surface area contributed by atoms with Crippen LogP contribution in [0.2, 0.25) is 5.02 Å². The third-order valence-electron chi connectivity index (χ3n) is 9.32. The number of benzene rings is 1. The fraction of sp³-hybridized carbons (Fsp3) is 0.314. The monoisotopic (exact) mass is 651 g/mol. The molecule has 0 spiro atoms. The Hall–Kier alpha value is -4.90. The number of aromatic nitrogens is 5. The summed E-state index contributed by atoms with van der Waals surface area (Å²) in [5.41, 5.74) is 9.21. The first-order chi connectivity index (χ1) is 22.5. The Morgan fingerprint density at radius 2 is 1.89 bits per heavy atom. The van der Waals surface area contributed by atoms with Crippen molar-refractivity contribution >= 4 is 40.1 Å². The number of carbonyl (C=O) groups is 2. The van der Waals surface area contributed by atoms with Gasteiger partial charge in [-0.1, -0.05) is 17.7 Å². The van der Waals surface area contributed by atoms with Crippen molar-refractivity contribution in [3.63, 3.8) is 0 Å². The Labute approximate surface area is 274 Å². The molecule has 2 fully saturated rings. The molecule has 0 bridgehead atoms. The van der Waals surface area contributed by atoms with Crippen molar-refractivity contribution in [2.75, 3.05) is 4.90 Å². The van der Waals surface area contributed by atoms with Crippen LogP contribution in [0.3, 0.4) is 0 Å². The number of nitrogens with two attached hydrogens (primary N) is 1. The highest BCUT2D eigenvalue weighted by Crippen LogP contribution is 2.51. The average Bonchev–Trinajstić information content (AvgIpc) is 3.98. The molecule has 3 aliphatic rings. The zero-order chi connectivity index (χ0) is 32.7. The van der Waals surface area contributed by atoms with Gasteiger partial charge in [0, 0.05) is 17.1 Å². The second kappa shape index (κ2) is 10.6. The molecule has 5 heterocycles. The second-order valence-electron chi connectivity index (χ2n) is 13.2. The Balaban J connectivity index is 1.30. The molecule has 0 radical (unpaired) electrons. The molecule has 2 amide bonds. The Morgan fingerprint density at radius 3 is 2.55 bits per heavy atom. The van der Waals surface area contributed by atoms with E-state index in [1.807, 2.05) is 22.9 Å². The van der Waals surface area contributed by atoms with E-state index in [2.05, 4.69) is 9.97 Å². The van der Waals surface area contributed by atoms with Gasteiger partial charge in [-0.05, 0) is 93.8 Å². The maximum Gasteiger partial charge on any atom is 0.271 e. The van der Waals surface area contributed by atoms with Gasteiger partial charge in [0.1, 0.15) is 17.1 Å². The molecule has 0 saturated heterocycles. The van der Waals surface area contributed by atoms with Crippen LogP contribution in [-0.4, -0.2) is 42.1 Å². The summed E-state index contributed by atoms with van der Waals surface area (Å²) in [7, 11) is 0. The van der Waals surface area contributed by atoms with Gasteiger partial charge in [-0.2, -0.15) is 5.10 Å². The molecule has 2 N–H and O–H groups in total. The zero-order valence-electron chi connectivity index (χ0n) is 25.8. The highest BCUT2D eigenvalue weighted by molar-refractivity contribution is 6.30. The van der Waals surface area contributed by atoms with Crippen LogP contribution in [0.1, 0.15) is 67.0 Å². The highest BCUT2D eigenvalue weighted by Gasteiger charge is 2.50. The van der Waals surface area contributed by atoms with E-state index in [9.17, 15) is 14.0 Å². The van der Waals surface area contributed by atoms with E-state index in [4.69, 9.17) is 32.2 Å². The van der Waals surface area contributed by atoms with Gasteiger partial charge in [0.25, 0.3) is 11.8 Å². The molecule has 0 unspecified atom stereocenters. The van der Waals surface area contributed by atoms with Gasteiger partial charge in [0.05, 0.1) is 52.3 Å². The molecule has 8 rings (SSSR count). The largest absolute Gasteiger partial charge is 0.476 e. The minimum absolute atomic E-state index is 0.212. The minimum Gasteiger partial charge on any atom is -0.476 e. The molecular weight excluding hydrogens is 621 g/mol. The van der Waals surface area contributed by atoms with Crippen LogP contribution in [0.15, 0.2) is 61.1 Å². The van der Waals surface area contributed by atoms with Crippen LogP contribution in [0.4, 0.5) is 10.1 Å². The highest BCUT2D eigenvalue weighted by atomic mass is 35.5. The third kappa shape index (κ3) is 5.00. The zero-order valence-corrected chi connectivity index (χ0v) is 26.6. The normalized spacial score (nSPS) is 17.8. The van der Waals surface area contributed by atoms with E-state index in [1.54, 1.807) is 49.3 Å². The van der Waals surface area contributed by atoms with E-state index >= 15 is 0 Å². The molecule has 47 heavy (non-hydrogen) atoms. The van der Waals surface area contributed by atoms with Crippen molar-refractivity contribution in [3.05, 3.63) is 94.5 Å². The van der Waals surface area contributed by atoms with Crippen LogP contribution in [0, 0.1) is 11.7 Å². The summed E-state index contributed by atoms with van der Waals surface area (Å²) in [5.74, 6) is -0.300. The van der Waals surface area contributed by atoms with Gasteiger partial charge < -0.3 is 10.5 Å². The summed E-state index contributed by atoms with van der Waals surface area (Å²) in [4.78, 5) is 42.3. The van der Waals surface area contributed by atoms with Crippen LogP contribution < -0.4 is 15.4 Å². The molecule has 4 aromatic heterocycles. The molecule has 12 heteroatoms. The van der Waals surface area contributed by atoms with Crippen molar-refractivity contribution < 1.29 is 18.7 Å². The summed E-state index contributed by atoms with van der Waals surface area (Å²) < 4.78 is 22.0. The number of halogens is 2. The number of hydrogen-bond donors (Lipinski definition) is 1. The number of fused-ring (bicyclic) bond motifs is 2. The van der Waals surface area contributed by atoms with Crippen LogP contribution in [0.25, 0.3) is 22.2 Å². The smallest absolute Gasteiger partial charge is 0.271 e.